The lowest BCUT2D eigenvalue weighted by atomic mass is 10.1. The quantitative estimate of drug-likeness (QED) is 0.502. The van der Waals surface area contributed by atoms with Crippen LogP contribution in [-0.2, 0) is 0 Å². The van der Waals surface area contributed by atoms with Gasteiger partial charge in [0.05, 0.1) is 4.92 Å². The molecule has 19 heavy (non-hydrogen) atoms. The fraction of sp³-hybridized carbons (Fsp3) is 0.357. The molecule has 0 heterocycles. The fourth-order valence-corrected chi connectivity index (χ4v) is 1.66. The van der Waals surface area contributed by atoms with Gasteiger partial charge in [0, 0.05) is 29.7 Å². The van der Waals surface area contributed by atoms with Crippen molar-refractivity contribution in [1.82, 2.24) is 5.32 Å². The number of amides is 1. The van der Waals surface area contributed by atoms with Crippen molar-refractivity contribution >= 4 is 11.6 Å². The van der Waals surface area contributed by atoms with E-state index in [4.69, 9.17) is 6.42 Å². The first-order chi connectivity index (χ1) is 8.99. The maximum Gasteiger partial charge on any atom is 0.273 e. The molecule has 5 heteroatoms. The number of hydrogen-bond acceptors (Lipinski definition) is 3. The van der Waals surface area contributed by atoms with E-state index in [-0.39, 0.29) is 23.2 Å². The summed E-state index contributed by atoms with van der Waals surface area (Å²) >= 11 is 0. The van der Waals surface area contributed by atoms with Crippen LogP contribution in [0.2, 0.25) is 0 Å². The molecule has 1 aromatic carbocycles. The Kier molecular flexibility index (Phi) is 5.07. The lowest BCUT2D eigenvalue weighted by molar-refractivity contribution is -0.385. The molecule has 0 saturated carbocycles. The van der Waals surface area contributed by atoms with Crippen LogP contribution in [0.1, 0.15) is 35.7 Å². The standard InChI is InChI=1S/C14H16N2O3/c1-4-6-12(5-2)15-14(17)11-8-7-10(3)13(9-11)16(18)19/h1,7-9,12H,5-6H2,2-3H3,(H,15,17). The zero-order valence-electron chi connectivity index (χ0n) is 11.0. The predicted octanol–water partition coefficient (Wildman–Crippen LogP) is 2.43. The summed E-state index contributed by atoms with van der Waals surface area (Å²) in [6, 6.07) is 4.31. The van der Waals surface area contributed by atoms with Crippen LogP contribution in [0.3, 0.4) is 0 Å². The molecular formula is C14H16N2O3. The summed E-state index contributed by atoms with van der Waals surface area (Å²) in [5, 5.41) is 13.6. The number of carbonyl (C=O) groups is 1. The van der Waals surface area contributed by atoms with E-state index in [0.29, 0.717) is 18.4 Å². The highest BCUT2D eigenvalue weighted by molar-refractivity contribution is 5.95. The van der Waals surface area contributed by atoms with Gasteiger partial charge in [-0.2, -0.15) is 0 Å². The second-order valence-electron chi connectivity index (χ2n) is 4.25. The predicted molar refractivity (Wildman–Crippen MR) is 72.8 cm³/mol. The van der Waals surface area contributed by atoms with Gasteiger partial charge in [-0.15, -0.1) is 12.3 Å². The third kappa shape index (κ3) is 3.81. The van der Waals surface area contributed by atoms with Gasteiger partial charge in [0.2, 0.25) is 0 Å². The van der Waals surface area contributed by atoms with Gasteiger partial charge >= 0.3 is 0 Å². The average molecular weight is 260 g/mol. The van der Waals surface area contributed by atoms with Crippen molar-refractivity contribution in [3.8, 4) is 12.3 Å². The molecule has 5 nitrogen and oxygen atoms in total. The number of rotatable bonds is 5. The summed E-state index contributed by atoms with van der Waals surface area (Å²) in [7, 11) is 0. The largest absolute Gasteiger partial charge is 0.348 e. The van der Waals surface area contributed by atoms with E-state index >= 15 is 0 Å². The molecule has 0 aliphatic rings. The number of nitro groups is 1. The van der Waals surface area contributed by atoms with E-state index in [9.17, 15) is 14.9 Å². The van der Waals surface area contributed by atoms with Gasteiger partial charge in [0.25, 0.3) is 11.6 Å². The van der Waals surface area contributed by atoms with Gasteiger partial charge in [-0.25, -0.2) is 0 Å². The third-order valence-corrected chi connectivity index (χ3v) is 2.86. The molecule has 1 amide bonds. The molecule has 0 aromatic heterocycles. The van der Waals surface area contributed by atoms with E-state index in [1.54, 1.807) is 19.1 Å². The zero-order chi connectivity index (χ0) is 14.4. The Morgan fingerprint density at radius 2 is 2.26 bits per heavy atom. The van der Waals surface area contributed by atoms with Gasteiger partial charge in [0.15, 0.2) is 0 Å². The van der Waals surface area contributed by atoms with Crippen LogP contribution in [0.15, 0.2) is 18.2 Å². The molecule has 1 aromatic rings. The summed E-state index contributed by atoms with van der Waals surface area (Å²) in [5.41, 5.74) is 0.739. The zero-order valence-corrected chi connectivity index (χ0v) is 11.0. The summed E-state index contributed by atoms with van der Waals surface area (Å²) in [6.45, 7) is 3.55. The number of aryl methyl sites for hydroxylation is 1. The van der Waals surface area contributed by atoms with Crippen LogP contribution in [0.4, 0.5) is 5.69 Å². The maximum atomic E-state index is 12.0. The van der Waals surface area contributed by atoms with Crippen molar-refractivity contribution in [2.24, 2.45) is 0 Å². The Morgan fingerprint density at radius 3 is 2.79 bits per heavy atom. The number of hydrogen-bond donors (Lipinski definition) is 1. The van der Waals surface area contributed by atoms with Crippen LogP contribution in [0.5, 0.6) is 0 Å². The number of carbonyl (C=O) groups excluding carboxylic acids is 1. The molecule has 0 bridgehead atoms. The second kappa shape index (κ2) is 6.55. The monoisotopic (exact) mass is 260 g/mol. The number of nitrogens with one attached hydrogen (secondary N) is 1. The maximum absolute atomic E-state index is 12.0. The highest BCUT2D eigenvalue weighted by Gasteiger charge is 2.16. The summed E-state index contributed by atoms with van der Waals surface area (Å²) in [5.74, 6) is 2.15. The van der Waals surface area contributed by atoms with Gasteiger partial charge in [0.1, 0.15) is 0 Å². The van der Waals surface area contributed by atoms with Crippen molar-refractivity contribution in [2.45, 2.75) is 32.7 Å². The Balaban J connectivity index is 2.92. The van der Waals surface area contributed by atoms with Crippen molar-refractivity contribution in [3.63, 3.8) is 0 Å². The first-order valence-corrected chi connectivity index (χ1v) is 5.99. The second-order valence-corrected chi connectivity index (χ2v) is 4.25. The summed E-state index contributed by atoms with van der Waals surface area (Å²) < 4.78 is 0. The molecule has 0 aliphatic heterocycles. The topological polar surface area (TPSA) is 72.2 Å². The Morgan fingerprint density at radius 1 is 1.58 bits per heavy atom. The highest BCUT2D eigenvalue weighted by Crippen LogP contribution is 2.19. The number of nitrogens with zero attached hydrogens (tertiary/aromatic N) is 1. The molecule has 0 aliphatic carbocycles. The minimum atomic E-state index is -0.495. The van der Waals surface area contributed by atoms with E-state index in [1.807, 2.05) is 6.92 Å². The normalized spacial score (nSPS) is 11.4. The van der Waals surface area contributed by atoms with Gasteiger partial charge in [-0.3, -0.25) is 14.9 Å². The van der Waals surface area contributed by atoms with E-state index in [1.165, 1.54) is 6.07 Å². The molecular weight excluding hydrogens is 244 g/mol. The molecule has 1 atom stereocenters. The minimum absolute atomic E-state index is 0.0577. The van der Waals surface area contributed by atoms with Gasteiger partial charge in [-0.05, 0) is 19.4 Å². The highest BCUT2D eigenvalue weighted by atomic mass is 16.6. The third-order valence-electron chi connectivity index (χ3n) is 2.86. The van der Waals surface area contributed by atoms with Crippen molar-refractivity contribution in [1.29, 1.82) is 0 Å². The molecule has 1 unspecified atom stereocenters. The van der Waals surface area contributed by atoms with Gasteiger partial charge in [-0.1, -0.05) is 13.0 Å². The smallest absolute Gasteiger partial charge is 0.273 e. The average Bonchev–Trinajstić information content (AvgIpc) is 2.38. The number of benzene rings is 1. The minimum Gasteiger partial charge on any atom is -0.348 e. The molecule has 0 radical (unpaired) electrons. The molecule has 1 rings (SSSR count). The van der Waals surface area contributed by atoms with Crippen LogP contribution < -0.4 is 5.32 Å². The van der Waals surface area contributed by atoms with Crippen LogP contribution in [0, 0.1) is 29.4 Å². The first kappa shape index (κ1) is 14.7. The van der Waals surface area contributed by atoms with Crippen molar-refractivity contribution in [2.75, 3.05) is 0 Å². The van der Waals surface area contributed by atoms with Crippen molar-refractivity contribution in [3.05, 3.63) is 39.4 Å². The van der Waals surface area contributed by atoms with Crippen LogP contribution in [0.25, 0.3) is 0 Å². The molecule has 0 fully saturated rings. The lowest BCUT2D eigenvalue weighted by Gasteiger charge is -2.14. The van der Waals surface area contributed by atoms with Crippen LogP contribution in [-0.4, -0.2) is 16.9 Å². The Labute approximate surface area is 112 Å². The van der Waals surface area contributed by atoms with Crippen LogP contribution >= 0.6 is 0 Å². The van der Waals surface area contributed by atoms with E-state index in [0.717, 1.165) is 0 Å². The van der Waals surface area contributed by atoms with E-state index in [2.05, 4.69) is 11.2 Å². The van der Waals surface area contributed by atoms with E-state index < -0.39 is 4.92 Å². The lowest BCUT2D eigenvalue weighted by Crippen LogP contribution is -2.34. The van der Waals surface area contributed by atoms with Crippen molar-refractivity contribution < 1.29 is 9.72 Å². The molecule has 1 N–H and O–H groups in total. The number of terminal acetylenes is 1. The Hall–Kier alpha value is -2.35. The fourth-order valence-electron chi connectivity index (χ4n) is 1.66. The SMILES string of the molecule is C#CCC(CC)NC(=O)c1ccc(C)c([N+](=O)[O-])c1. The molecule has 0 saturated heterocycles. The molecule has 100 valence electrons. The molecule has 0 spiro atoms. The summed E-state index contributed by atoms with van der Waals surface area (Å²) in [6.07, 6.45) is 6.37. The Bertz CT molecular complexity index is 532. The first-order valence-electron chi connectivity index (χ1n) is 5.99. The van der Waals surface area contributed by atoms with Gasteiger partial charge < -0.3 is 5.32 Å². The summed E-state index contributed by atoms with van der Waals surface area (Å²) in [4.78, 5) is 22.3. The number of nitro benzene ring substituents is 1.